The number of nitrogens with zero attached hydrogens (tertiary/aromatic N) is 3. The number of fused-ring (bicyclic) bond motifs is 1. The Morgan fingerprint density at radius 3 is 2.36 bits per heavy atom. The minimum atomic E-state index is -0.366. The fourth-order valence-corrected chi connectivity index (χ4v) is 3.69. The molecule has 160 valence electrons. The van der Waals surface area contributed by atoms with Crippen LogP contribution in [0, 0.1) is 6.92 Å². The normalized spacial score (nSPS) is 11.2. The van der Waals surface area contributed by atoms with E-state index >= 15 is 0 Å². The first-order valence-corrected chi connectivity index (χ1v) is 10.7. The van der Waals surface area contributed by atoms with Crippen molar-refractivity contribution < 1.29 is 4.79 Å². The minimum absolute atomic E-state index is 0.295. The standard InChI is InChI=1S/C28H22N4O/c1-20-11-13-21(14-12-20)19-29-30-28(33)26-18-27(32(31-26)25-9-3-2-4-10-25)24-16-15-22-7-5-6-8-23(22)17-24/h2-19H,1H3,(H,30,33)/b29-19-. The zero-order valence-electron chi connectivity index (χ0n) is 18.1. The van der Waals surface area contributed by atoms with Gasteiger partial charge < -0.3 is 0 Å². The number of para-hydroxylation sites is 1. The van der Waals surface area contributed by atoms with Gasteiger partial charge in [0.05, 0.1) is 17.6 Å². The summed E-state index contributed by atoms with van der Waals surface area (Å²) in [6, 6.07) is 33.9. The molecule has 1 aromatic heterocycles. The average molecular weight is 431 g/mol. The molecule has 0 spiro atoms. The highest BCUT2D eigenvalue weighted by molar-refractivity contribution is 5.95. The van der Waals surface area contributed by atoms with Gasteiger partial charge in [-0.1, -0.05) is 84.4 Å². The molecule has 5 rings (SSSR count). The third-order valence-electron chi connectivity index (χ3n) is 5.45. The highest BCUT2D eigenvalue weighted by atomic mass is 16.2. The molecule has 5 nitrogen and oxygen atoms in total. The van der Waals surface area contributed by atoms with Gasteiger partial charge in [-0.25, -0.2) is 10.1 Å². The topological polar surface area (TPSA) is 59.3 Å². The predicted octanol–water partition coefficient (Wildman–Crippen LogP) is 5.76. The Bertz CT molecular complexity index is 1450. The van der Waals surface area contributed by atoms with Crippen LogP contribution in [0.5, 0.6) is 0 Å². The first-order valence-electron chi connectivity index (χ1n) is 10.7. The summed E-state index contributed by atoms with van der Waals surface area (Å²) in [5.74, 6) is -0.366. The maximum Gasteiger partial charge on any atom is 0.291 e. The zero-order valence-corrected chi connectivity index (χ0v) is 18.1. The first kappa shape index (κ1) is 20.4. The molecule has 5 heteroatoms. The summed E-state index contributed by atoms with van der Waals surface area (Å²) in [5.41, 5.74) is 7.65. The van der Waals surface area contributed by atoms with Crippen LogP contribution in [-0.4, -0.2) is 21.9 Å². The molecule has 0 aliphatic rings. The van der Waals surface area contributed by atoms with Crippen LogP contribution in [0.25, 0.3) is 27.7 Å². The number of hydrogen-bond donors (Lipinski definition) is 1. The second-order valence-corrected chi connectivity index (χ2v) is 7.83. The number of hydrogen-bond acceptors (Lipinski definition) is 3. The molecule has 33 heavy (non-hydrogen) atoms. The molecule has 0 aliphatic heterocycles. The second-order valence-electron chi connectivity index (χ2n) is 7.83. The fourth-order valence-electron chi connectivity index (χ4n) is 3.69. The fraction of sp³-hybridized carbons (Fsp3) is 0.0357. The van der Waals surface area contributed by atoms with Crippen LogP contribution in [0.2, 0.25) is 0 Å². The Balaban J connectivity index is 1.48. The Morgan fingerprint density at radius 2 is 1.58 bits per heavy atom. The van der Waals surface area contributed by atoms with E-state index in [9.17, 15) is 4.79 Å². The van der Waals surface area contributed by atoms with Gasteiger partial charge in [0, 0.05) is 5.56 Å². The minimum Gasteiger partial charge on any atom is -0.265 e. The molecule has 0 atom stereocenters. The van der Waals surface area contributed by atoms with Crippen LogP contribution < -0.4 is 5.43 Å². The Kier molecular flexibility index (Phi) is 5.52. The number of hydrazone groups is 1. The van der Waals surface area contributed by atoms with E-state index in [-0.39, 0.29) is 5.91 Å². The highest BCUT2D eigenvalue weighted by Gasteiger charge is 2.17. The summed E-state index contributed by atoms with van der Waals surface area (Å²) in [6.07, 6.45) is 1.62. The lowest BCUT2D eigenvalue weighted by Crippen LogP contribution is -2.18. The van der Waals surface area contributed by atoms with E-state index < -0.39 is 0 Å². The molecule has 0 fully saturated rings. The Labute approximate surface area is 192 Å². The summed E-state index contributed by atoms with van der Waals surface area (Å²) in [6.45, 7) is 2.03. The van der Waals surface area contributed by atoms with Crippen molar-refractivity contribution >= 4 is 22.9 Å². The number of aryl methyl sites for hydroxylation is 1. The van der Waals surface area contributed by atoms with Crippen molar-refractivity contribution in [3.05, 3.63) is 120 Å². The van der Waals surface area contributed by atoms with Gasteiger partial charge in [-0.2, -0.15) is 10.2 Å². The number of aromatic nitrogens is 2. The monoisotopic (exact) mass is 430 g/mol. The summed E-state index contributed by atoms with van der Waals surface area (Å²) in [7, 11) is 0. The van der Waals surface area contributed by atoms with Crippen LogP contribution in [0.4, 0.5) is 0 Å². The van der Waals surface area contributed by atoms with Crippen molar-refractivity contribution in [3.8, 4) is 16.9 Å². The highest BCUT2D eigenvalue weighted by Crippen LogP contribution is 2.27. The smallest absolute Gasteiger partial charge is 0.265 e. The van der Waals surface area contributed by atoms with Gasteiger partial charge in [-0.15, -0.1) is 0 Å². The number of rotatable bonds is 5. The zero-order chi connectivity index (χ0) is 22.6. The van der Waals surface area contributed by atoms with E-state index in [2.05, 4.69) is 46.0 Å². The van der Waals surface area contributed by atoms with E-state index in [1.807, 2.05) is 73.7 Å². The molecule has 1 N–H and O–H groups in total. The third-order valence-corrected chi connectivity index (χ3v) is 5.45. The summed E-state index contributed by atoms with van der Waals surface area (Å²) in [4.78, 5) is 12.8. The van der Waals surface area contributed by atoms with Crippen LogP contribution >= 0.6 is 0 Å². The summed E-state index contributed by atoms with van der Waals surface area (Å²) < 4.78 is 1.79. The Hall–Kier alpha value is -4.51. The summed E-state index contributed by atoms with van der Waals surface area (Å²) in [5, 5.41) is 11.0. The first-order chi connectivity index (χ1) is 16.2. The van der Waals surface area contributed by atoms with Gasteiger partial charge >= 0.3 is 0 Å². The molecular weight excluding hydrogens is 408 g/mol. The molecular formula is C28H22N4O. The summed E-state index contributed by atoms with van der Waals surface area (Å²) >= 11 is 0. The number of carbonyl (C=O) groups excluding carboxylic acids is 1. The van der Waals surface area contributed by atoms with Crippen LogP contribution in [-0.2, 0) is 0 Å². The van der Waals surface area contributed by atoms with Gasteiger partial charge in [0.15, 0.2) is 5.69 Å². The van der Waals surface area contributed by atoms with Crippen molar-refractivity contribution in [2.24, 2.45) is 5.10 Å². The van der Waals surface area contributed by atoms with Crippen molar-refractivity contribution in [2.45, 2.75) is 6.92 Å². The molecule has 1 amide bonds. The van der Waals surface area contributed by atoms with Crippen molar-refractivity contribution in [2.75, 3.05) is 0 Å². The molecule has 0 aliphatic carbocycles. The molecule has 0 radical (unpaired) electrons. The molecule has 0 bridgehead atoms. The molecule has 0 saturated heterocycles. The maximum atomic E-state index is 12.8. The lowest BCUT2D eigenvalue weighted by atomic mass is 10.0. The van der Waals surface area contributed by atoms with Crippen LogP contribution in [0.15, 0.2) is 108 Å². The predicted molar refractivity (Wildman–Crippen MR) is 133 cm³/mol. The lowest BCUT2D eigenvalue weighted by molar-refractivity contribution is 0.0949. The lowest BCUT2D eigenvalue weighted by Gasteiger charge is -2.08. The third kappa shape index (κ3) is 4.43. The van der Waals surface area contributed by atoms with Crippen molar-refractivity contribution in [1.82, 2.24) is 15.2 Å². The van der Waals surface area contributed by atoms with Gasteiger partial charge in [0.1, 0.15) is 0 Å². The van der Waals surface area contributed by atoms with E-state index in [1.165, 1.54) is 5.56 Å². The largest absolute Gasteiger partial charge is 0.291 e. The number of benzene rings is 4. The molecule has 1 heterocycles. The van der Waals surface area contributed by atoms with Crippen molar-refractivity contribution in [3.63, 3.8) is 0 Å². The molecule has 0 unspecified atom stereocenters. The van der Waals surface area contributed by atoms with Gasteiger partial charge in [-0.3, -0.25) is 4.79 Å². The van der Waals surface area contributed by atoms with E-state index in [4.69, 9.17) is 0 Å². The molecule has 0 saturated carbocycles. The van der Waals surface area contributed by atoms with Gasteiger partial charge in [0.25, 0.3) is 5.91 Å². The van der Waals surface area contributed by atoms with E-state index in [1.54, 1.807) is 17.0 Å². The van der Waals surface area contributed by atoms with E-state index in [0.717, 1.165) is 33.3 Å². The number of nitrogens with one attached hydrogen (secondary N) is 1. The van der Waals surface area contributed by atoms with E-state index in [0.29, 0.717) is 5.69 Å². The number of carbonyl (C=O) groups is 1. The van der Waals surface area contributed by atoms with Crippen LogP contribution in [0.1, 0.15) is 21.6 Å². The Morgan fingerprint density at radius 1 is 0.848 bits per heavy atom. The maximum absolute atomic E-state index is 12.8. The second kappa shape index (κ2) is 8.93. The SMILES string of the molecule is Cc1ccc(/C=N\NC(=O)c2cc(-c3ccc4ccccc4c3)n(-c3ccccc3)n2)cc1. The van der Waals surface area contributed by atoms with Gasteiger partial charge in [-0.05, 0) is 47.5 Å². The average Bonchev–Trinajstić information content (AvgIpc) is 3.31. The quantitative estimate of drug-likeness (QED) is 0.284. The van der Waals surface area contributed by atoms with Gasteiger partial charge in [0.2, 0.25) is 0 Å². The molecule has 5 aromatic rings. The number of amides is 1. The van der Waals surface area contributed by atoms with Crippen LogP contribution in [0.3, 0.4) is 0 Å². The van der Waals surface area contributed by atoms with Crippen molar-refractivity contribution in [1.29, 1.82) is 0 Å². The molecule has 4 aromatic carbocycles.